The van der Waals surface area contributed by atoms with Gasteiger partial charge in [-0.25, -0.2) is 0 Å². The molecule has 18 heavy (non-hydrogen) atoms. The highest BCUT2D eigenvalue weighted by Crippen LogP contribution is 2.39. The highest BCUT2D eigenvalue weighted by Gasteiger charge is 2.49. The highest BCUT2D eigenvalue weighted by molar-refractivity contribution is 5.95. The van der Waals surface area contributed by atoms with Crippen LogP contribution < -0.4 is 5.32 Å². The van der Waals surface area contributed by atoms with Crippen LogP contribution in [0.1, 0.15) is 33.1 Å². The zero-order valence-corrected chi connectivity index (χ0v) is 10.9. The van der Waals surface area contributed by atoms with E-state index in [1.807, 2.05) is 18.7 Å². The second-order valence-electron chi connectivity index (χ2n) is 5.88. The van der Waals surface area contributed by atoms with E-state index >= 15 is 0 Å². The maximum atomic E-state index is 12.2. The van der Waals surface area contributed by atoms with Crippen LogP contribution in [0.2, 0.25) is 0 Å². The molecule has 3 rings (SSSR count). The summed E-state index contributed by atoms with van der Waals surface area (Å²) in [6.07, 6.45) is 3.46. The Morgan fingerprint density at radius 3 is 2.67 bits per heavy atom. The summed E-state index contributed by atoms with van der Waals surface area (Å²) in [6.45, 7) is 4.11. The Hall–Kier alpha value is -1.10. The third kappa shape index (κ3) is 1.72. The standard InChI is InChI=1S/C13H20N2O3/c1-7(2)12-13(17)14-6-11(16)15(12)9-5-8-3-4-10(9)18-8/h7-10,12H,3-6H2,1-2H3,(H,14,17). The minimum absolute atomic E-state index is 0.0210. The van der Waals surface area contributed by atoms with E-state index in [4.69, 9.17) is 4.74 Å². The van der Waals surface area contributed by atoms with Crippen LogP contribution >= 0.6 is 0 Å². The fourth-order valence-corrected chi connectivity index (χ4v) is 3.56. The number of piperazine rings is 1. The molecule has 3 heterocycles. The van der Waals surface area contributed by atoms with E-state index in [2.05, 4.69) is 5.32 Å². The maximum absolute atomic E-state index is 12.2. The highest BCUT2D eigenvalue weighted by atomic mass is 16.5. The lowest BCUT2D eigenvalue weighted by atomic mass is 9.89. The summed E-state index contributed by atoms with van der Waals surface area (Å²) in [5.41, 5.74) is 0. The monoisotopic (exact) mass is 252 g/mol. The van der Waals surface area contributed by atoms with Crippen LogP contribution in [0, 0.1) is 5.92 Å². The molecule has 0 radical (unpaired) electrons. The number of carbonyl (C=O) groups is 2. The molecule has 2 amide bonds. The first-order valence-corrected chi connectivity index (χ1v) is 6.82. The third-order valence-corrected chi connectivity index (χ3v) is 4.33. The summed E-state index contributed by atoms with van der Waals surface area (Å²) in [7, 11) is 0. The minimum Gasteiger partial charge on any atom is -0.373 e. The molecule has 3 aliphatic rings. The smallest absolute Gasteiger partial charge is 0.243 e. The number of rotatable bonds is 2. The Balaban J connectivity index is 1.86. The molecule has 100 valence electrons. The minimum atomic E-state index is -0.334. The van der Waals surface area contributed by atoms with E-state index in [1.165, 1.54) is 0 Å². The SMILES string of the molecule is CC(C)C1C(=O)NCC(=O)N1C1CC2CCC1O2. The van der Waals surface area contributed by atoms with Crippen molar-refractivity contribution in [3.63, 3.8) is 0 Å². The first-order valence-electron chi connectivity index (χ1n) is 6.82. The van der Waals surface area contributed by atoms with Crippen LogP contribution in [-0.2, 0) is 14.3 Å². The van der Waals surface area contributed by atoms with E-state index in [0.29, 0.717) is 6.10 Å². The van der Waals surface area contributed by atoms with Crippen molar-refractivity contribution >= 4 is 11.8 Å². The van der Waals surface area contributed by atoms with Crippen molar-refractivity contribution < 1.29 is 14.3 Å². The summed E-state index contributed by atoms with van der Waals surface area (Å²) in [6, 6.07) is -0.228. The average Bonchev–Trinajstić information content (AvgIpc) is 2.93. The van der Waals surface area contributed by atoms with Crippen LogP contribution in [0.5, 0.6) is 0 Å². The van der Waals surface area contributed by atoms with Gasteiger partial charge in [0.1, 0.15) is 6.04 Å². The number of fused-ring (bicyclic) bond motifs is 2. The van der Waals surface area contributed by atoms with Gasteiger partial charge in [0.25, 0.3) is 0 Å². The molecular weight excluding hydrogens is 232 g/mol. The molecule has 5 nitrogen and oxygen atoms in total. The van der Waals surface area contributed by atoms with Crippen molar-refractivity contribution in [3.05, 3.63) is 0 Å². The van der Waals surface area contributed by atoms with Crippen molar-refractivity contribution in [3.8, 4) is 0 Å². The fraction of sp³-hybridized carbons (Fsp3) is 0.846. The topological polar surface area (TPSA) is 58.6 Å². The Bertz CT molecular complexity index is 382. The Kier molecular flexibility index (Phi) is 2.81. The molecule has 0 spiro atoms. The molecule has 0 aliphatic carbocycles. The normalized spacial score (nSPS) is 39.6. The van der Waals surface area contributed by atoms with Gasteiger partial charge in [-0.15, -0.1) is 0 Å². The summed E-state index contributed by atoms with van der Waals surface area (Å²) in [5, 5.41) is 2.69. The zero-order valence-electron chi connectivity index (χ0n) is 10.9. The van der Waals surface area contributed by atoms with Crippen molar-refractivity contribution in [1.82, 2.24) is 10.2 Å². The second kappa shape index (κ2) is 4.23. The summed E-state index contributed by atoms with van der Waals surface area (Å²) in [4.78, 5) is 26.0. The third-order valence-electron chi connectivity index (χ3n) is 4.33. The molecule has 3 saturated heterocycles. The van der Waals surface area contributed by atoms with Gasteiger partial charge in [-0.2, -0.15) is 0 Å². The van der Waals surface area contributed by atoms with Crippen molar-refractivity contribution in [2.24, 2.45) is 5.92 Å². The second-order valence-corrected chi connectivity index (χ2v) is 5.88. The molecule has 3 aliphatic heterocycles. The van der Waals surface area contributed by atoms with Crippen LogP contribution in [0.4, 0.5) is 0 Å². The lowest BCUT2D eigenvalue weighted by molar-refractivity contribution is -0.151. The number of amides is 2. The van der Waals surface area contributed by atoms with Gasteiger partial charge in [-0.3, -0.25) is 9.59 Å². The fourth-order valence-electron chi connectivity index (χ4n) is 3.56. The zero-order chi connectivity index (χ0) is 12.9. The van der Waals surface area contributed by atoms with Crippen LogP contribution in [0.3, 0.4) is 0 Å². The molecule has 5 heteroatoms. The molecule has 3 fully saturated rings. The van der Waals surface area contributed by atoms with Gasteiger partial charge >= 0.3 is 0 Å². The molecule has 0 aromatic heterocycles. The molecule has 0 aromatic carbocycles. The molecule has 4 unspecified atom stereocenters. The number of carbonyl (C=O) groups excluding carboxylic acids is 2. The lowest BCUT2D eigenvalue weighted by Gasteiger charge is -2.42. The Morgan fingerprint density at radius 2 is 2.11 bits per heavy atom. The number of hydrogen-bond donors (Lipinski definition) is 1. The van der Waals surface area contributed by atoms with Gasteiger partial charge in [-0.05, 0) is 25.2 Å². The van der Waals surface area contributed by atoms with Gasteiger partial charge in [0, 0.05) is 0 Å². The predicted octanol–water partition coefficient (Wildman–Crippen LogP) is 0.289. The quantitative estimate of drug-likeness (QED) is 0.768. The number of nitrogens with one attached hydrogen (secondary N) is 1. The van der Waals surface area contributed by atoms with Gasteiger partial charge in [0.15, 0.2) is 0 Å². The van der Waals surface area contributed by atoms with Crippen molar-refractivity contribution in [1.29, 1.82) is 0 Å². The Morgan fingerprint density at radius 1 is 1.33 bits per heavy atom. The number of hydrogen-bond acceptors (Lipinski definition) is 3. The van der Waals surface area contributed by atoms with E-state index in [-0.39, 0.29) is 42.5 Å². The molecule has 0 aromatic rings. The summed E-state index contributed by atoms with van der Waals surface area (Å²) < 4.78 is 5.82. The van der Waals surface area contributed by atoms with Crippen LogP contribution in [-0.4, -0.2) is 47.6 Å². The van der Waals surface area contributed by atoms with E-state index < -0.39 is 0 Å². The summed E-state index contributed by atoms with van der Waals surface area (Å²) in [5.74, 6) is 0.148. The van der Waals surface area contributed by atoms with Crippen LogP contribution in [0.15, 0.2) is 0 Å². The average molecular weight is 252 g/mol. The maximum Gasteiger partial charge on any atom is 0.243 e. The predicted molar refractivity (Wildman–Crippen MR) is 64.8 cm³/mol. The molecule has 1 N–H and O–H groups in total. The van der Waals surface area contributed by atoms with Gasteiger partial charge in [0.05, 0.1) is 24.8 Å². The van der Waals surface area contributed by atoms with E-state index in [0.717, 1.165) is 19.3 Å². The van der Waals surface area contributed by atoms with Crippen LogP contribution in [0.25, 0.3) is 0 Å². The molecule has 4 atom stereocenters. The first-order chi connectivity index (χ1) is 8.58. The van der Waals surface area contributed by atoms with E-state index in [9.17, 15) is 9.59 Å². The Labute approximate surface area is 107 Å². The molecule has 2 bridgehead atoms. The summed E-state index contributed by atoms with van der Waals surface area (Å²) >= 11 is 0. The lowest BCUT2D eigenvalue weighted by Crippen LogP contribution is -2.64. The molecule has 0 saturated carbocycles. The van der Waals surface area contributed by atoms with E-state index in [1.54, 1.807) is 0 Å². The number of nitrogens with zero attached hydrogens (tertiary/aromatic N) is 1. The van der Waals surface area contributed by atoms with Gasteiger partial charge in [0.2, 0.25) is 11.8 Å². The largest absolute Gasteiger partial charge is 0.373 e. The number of ether oxygens (including phenoxy) is 1. The van der Waals surface area contributed by atoms with Crippen molar-refractivity contribution in [2.45, 2.75) is 57.4 Å². The van der Waals surface area contributed by atoms with Gasteiger partial charge in [-0.1, -0.05) is 13.8 Å². The molecular formula is C13H20N2O3. The van der Waals surface area contributed by atoms with Gasteiger partial charge < -0.3 is 15.0 Å². The van der Waals surface area contributed by atoms with Crippen molar-refractivity contribution in [2.75, 3.05) is 6.54 Å². The first kappa shape index (κ1) is 12.0.